The fraction of sp³-hybridized carbons (Fsp3) is 0.800. The van der Waals surface area contributed by atoms with E-state index in [1.54, 1.807) is 0 Å². The standard InChI is InChI=1S/C5H9BrOS/c1-2-3-8-5(7)4-6/h2-4H2,1H3. The molecule has 48 valence electrons. The van der Waals surface area contributed by atoms with Crippen molar-refractivity contribution in [1.82, 2.24) is 0 Å². The normalized spacial score (nSPS) is 9.25. The summed E-state index contributed by atoms with van der Waals surface area (Å²) in [5, 5.41) is 0.712. The molecule has 0 aromatic carbocycles. The number of rotatable bonds is 3. The highest BCUT2D eigenvalue weighted by Gasteiger charge is 1.95. The molecule has 0 rings (SSSR count). The lowest BCUT2D eigenvalue weighted by molar-refractivity contribution is -0.108. The summed E-state index contributed by atoms with van der Waals surface area (Å²) in [6.07, 6.45) is 1.07. The average molecular weight is 197 g/mol. The summed E-state index contributed by atoms with van der Waals surface area (Å²) in [5.41, 5.74) is 0. The minimum Gasteiger partial charge on any atom is -0.286 e. The molecule has 0 aliphatic rings. The van der Waals surface area contributed by atoms with Crippen molar-refractivity contribution in [2.24, 2.45) is 0 Å². The second-order valence-electron chi connectivity index (χ2n) is 1.35. The number of alkyl halides is 1. The topological polar surface area (TPSA) is 17.1 Å². The monoisotopic (exact) mass is 196 g/mol. The maximum atomic E-state index is 10.5. The van der Waals surface area contributed by atoms with Crippen molar-refractivity contribution in [2.45, 2.75) is 13.3 Å². The van der Waals surface area contributed by atoms with E-state index in [-0.39, 0.29) is 5.12 Å². The summed E-state index contributed by atoms with van der Waals surface area (Å²) in [7, 11) is 0. The quantitative estimate of drug-likeness (QED) is 0.644. The van der Waals surface area contributed by atoms with Gasteiger partial charge in [0.15, 0.2) is 5.12 Å². The maximum absolute atomic E-state index is 10.5. The van der Waals surface area contributed by atoms with E-state index < -0.39 is 0 Å². The summed E-state index contributed by atoms with van der Waals surface area (Å²) in [6, 6.07) is 0. The first-order chi connectivity index (χ1) is 3.81. The summed E-state index contributed by atoms with van der Waals surface area (Å²) in [4.78, 5) is 10.5. The van der Waals surface area contributed by atoms with Crippen molar-refractivity contribution in [3.8, 4) is 0 Å². The first-order valence-corrected chi connectivity index (χ1v) is 4.63. The predicted octanol–water partition coefficient (Wildman–Crippen LogP) is 2.05. The van der Waals surface area contributed by atoms with Gasteiger partial charge in [-0.15, -0.1) is 0 Å². The third kappa shape index (κ3) is 4.65. The van der Waals surface area contributed by atoms with Crippen LogP contribution in [-0.2, 0) is 4.79 Å². The number of hydrogen-bond acceptors (Lipinski definition) is 2. The Bertz CT molecular complexity index is 74.8. The third-order valence-electron chi connectivity index (χ3n) is 0.576. The van der Waals surface area contributed by atoms with E-state index in [4.69, 9.17) is 0 Å². The molecule has 0 aromatic rings. The average Bonchev–Trinajstić information content (AvgIpc) is 1.83. The van der Waals surface area contributed by atoms with Gasteiger partial charge < -0.3 is 0 Å². The van der Waals surface area contributed by atoms with Crippen LogP contribution in [0.5, 0.6) is 0 Å². The first-order valence-electron chi connectivity index (χ1n) is 2.52. The number of hydrogen-bond donors (Lipinski definition) is 0. The number of halogens is 1. The molecule has 0 aliphatic carbocycles. The Morgan fingerprint density at radius 3 is 2.75 bits per heavy atom. The van der Waals surface area contributed by atoms with Crippen molar-refractivity contribution >= 4 is 32.8 Å². The van der Waals surface area contributed by atoms with Gasteiger partial charge in [-0.05, 0) is 6.42 Å². The van der Waals surface area contributed by atoms with Gasteiger partial charge in [-0.1, -0.05) is 34.6 Å². The smallest absolute Gasteiger partial charge is 0.199 e. The Labute approximate surface area is 62.4 Å². The largest absolute Gasteiger partial charge is 0.286 e. The van der Waals surface area contributed by atoms with Crippen LogP contribution in [0.15, 0.2) is 0 Å². The molecule has 0 saturated heterocycles. The lowest BCUT2D eigenvalue weighted by atomic mass is 10.6. The van der Waals surface area contributed by atoms with E-state index in [0.29, 0.717) is 5.33 Å². The molecule has 0 bridgehead atoms. The summed E-state index contributed by atoms with van der Waals surface area (Å²) in [5.74, 6) is 0.949. The summed E-state index contributed by atoms with van der Waals surface area (Å²) in [6.45, 7) is 2.06. The maximum Gasteiger partial charge on any atom is 0.199 e. The molecule has 0 spiro atoms. The zero-order valence-electron chi connectivity index (χ0n) is 4.82. The molecule has 0 aliphatic heterocycles. The molecule has 1 nitrogen and oxygen atoms in total. The van der Waals surface area contributed by atoms with Crippen molar-refractivity contribution in [2.75, 3.05) is 11.1 Å². The zero-order chi connectivity index (χ0) is 6.41. The third-order valence-corrected chi connectivity index (χ3v) is 2.54. The highest BCUT2D eigenvalue weighted by molar-refractivity contribution is 9.09. The minimum atomic E-state index is 0.229. The van der Waals surface area contributed by atoms with Crippen LogP contribution in [0.4, 0.5) is 0 Å². The van der Waals surface area contributed by atoms with Gasteiger partial charge in [0.2, 0.25) is 0 Å². The number of carbonyl (C=O) groups excluding carboxylic acids is 1. The molecular weight excluding hydrogens is 188 g/mol. The van der Waals surface area contributed by atoms with Crippen LogP contribution in [0.2, 0.25) is 0 Å². The van der Waals surface area contributed by atoms with Gasteiger partial charge in [-0.3, -0.25) is 4.79 Å². The molecule has 3 heteroatoms. The Hall–Kier alpha value is 0.500. The van der Waals surface area contributed by atoms with Crippen molar-refractivity contribution < 1.29 is 4.79 Å². The molecule has 0 N–H and O–H groups in total. The molecule has 0 amide bonds. The van der Waals surface area contributed by atoms with E-state index in [0.717, 1.165) is 12.2 Å². The Kier molecular flexibility index (Phi) is 5.99. The molecular formula is C5H9BrOS. The molecule has 8 heavy (non-hydrogen) atoms. The SMILES string of the molecule is CCCSC(=O)CBr. The van der Waals surface area contributed by atoms with E-state index in [1.165, 1.54) is 11.8 Å². The molecule has 0 aromatic heterocycles. The van der Waals surface area contributed by atoms with E-state index >= 15 is 0 Å². The van der Waals surface area contributed by atoms with Gasteiger partial charge in [0.1, 0.15) is 0 Å². The van der Waals surface area contributed by atoms with E-state index in [9.17, 15) is 4.79 Å². The second-order valence-corrected chi connectivity index (χ2v) is 3.07. The van der Waals surface area contributed by atoms with Crippen LogP contribution in [-0.4, -0.2) is 16.2 Å². The highest BCUT2D eigenvalue weighted by Crippen LogP contribution is 2.04. The van der Waals surface area contributed by atoms with E-state index in [2.05, 4.69) is 22.9 Å². The number of thioether (sulfide) groups is 1. The molecule has 0 saturated carbocycles. The molecule has 0 heterocycles. The Morgan fingerprint density at radius 2 is 2.38 bits per heavy atom. The molecule has 0 fully saturated rings. The second kappa shape index (κ2) is 5.63. The predicted molar refractivity (Wildman–Crippen MR) is 41.6 cm³/mol. The lowest BCUT2D eigenvalue weighted by Gasteiger charge is -1.90. The molecule has 0 atom stereocenters. The van der Waals surface area contributed by atoms with Gasteiger partial charge in [0.25, 0.3) is 0 Å². The Morgan fingerprint density at radius 1 is 1.75 bits per heavy atom. The Balaban J connectivity index is 2.99. The van der Waals surface area contributed by atoms with Gasteiger partial charge in [0, 0.05) is 5.75 Å². The van der Waals surface area contributed by atoms with Crippen LogP contribution in [0, 0.1) is 0 Å². The van der Waals surface area contributed by atoms with Gasteiger partial charge in [-0.2, -0.15) is 0 Å². The van der Waals surface area contributed by atoms with Gasteiger partial charge >= 0.3 is 0 Å². The number of carbonyl (C=O) groups is 1. The van der Waals surface area contributed by atoms with Crippen molar-refractivity contribution in [3.63, 3.8) is 0 Å². The minimum absolute atomic E-state index is 0.229. The van der Waals surface area contributed by atoms with Crippen LogP contribution in [0.25, 0.3) is 0 Å². The van der Waals surface area contributed by atoms with Crippen molar-refractivity contribution in [1.29, 1.82) is 0 Å². The fourth-order valence-corrected chi connectivity index (χ4v) is 1.25. The van der Waals surface area contributed by atoms with Crippen molar-refractivity contribution in [3.05, 3.63) is 0 Å². The molecule has 0 radical (unpaired) electrons. The first kappa shape index (κ1) is 8.50. The fourth-order valence-electron chi connectivity index (χ4n) is 0.254. The van der Waals surface area contributed by atoms with Crippen LogP contribution in [0.1, 0.15) is 13.3 Å². The zero-order valence-corrected chi connectivity index (χ0v) is 7.22. The summed E-state index contributed by atoms with van der Waals surface area (Å²) >= 11 is 4.47. The lowest BCUT2D eigenvalue weighted by Crippen LogP contribution is -1.91. The molecule has 0 unspecified atom stereocenters. The van der Waals surface area contributed by atoms with E-state index in [1.807, 2.05) is 0 Å². The van der Waals surface area contributed by atoms with Gasteiger partial charge in [-0.25, -0.2) is 0 Å². The van der Waals surface area contributed by atoms with Crippen LogP contribution in [0.3, 0.4) is 0 Å². The van der Waals surface area contributed by atoms with Crippen LogP contribution >= 0.6 is 27.7 Å². The summed E-state index contributed by atoms with van der Waals surface area (Å²) < 4.78 is 0. The van der Waals surface area contributed by atoms with Crippen LogP contribution < -0.4 is 0 Å². The van der Waals surface area contributed by atoms with Gasteiger partial charge in [0.05, 0.1) is 5.33 Å². The highest BCUT2D eigenvalue weighted by atomic mass is 79.9.